The molecule has 0 aromatic carbocycles. The quantitative estimate of drug-likeness (QED) is 0.677. The maximum atomic E-state index is 11.1. The lowest BCUT2D eigenvalue weighted by Gasteiger charge is -2.28. The van der Waals surface area contributed by atoms with Gasteiger partial charge < -0.3 is 9.84 Å². The summed E-state index contributed by atoms with van der Waals surface area (Å²) in [4.78, 5) is 11.1. The topological polar surface area (TPSA) is 58.6 Å². The number of nitrogens with one attached hydrogen (secondary N) is 1. The van der Waals surface area contributed by atoms with Crippen LogP contribution in [0.1, 0.15) is 26.7 Å². The summed E-state index contributed by atoms with van der Waals surface area (Å²) in [5.41, 5.74) is -0.851. The largest absolute Gasteiger partial charge is 0.480 e. The molecule has 0 aliphatic carbocycles. The molecule has 4 nitrogen and oxygen atoms in total. The van der Waals surface area contributed by atoms with Crippen molar-refractivity contribution in [1.82, 2.24) is 5.32 Å². The Balaban J connectivity index is 2.68. The number of carbonyl (C=O) groups is 1. The van der Waals surface area contributed by atoms with Crippen molar-refractivity contribution in [2.24, 2.45) is 0 Å². The third-order valence-electron chi connectivity index (χ3n) is 2.63. The van der Waals surface area contributed by atoms with Crippen LogP contribution in [-0.4, -0.2) is 35.9 Å². The standard InChI is InChI=1S/C9H17NO3/c1-3-5-10-9(8(11)12)4-6-13-7(9)2/h7,10H,3-6H2,1-2H3,(H,11,12). The lowest BCUT2D eigenvalue weighted by atomic mass is 9.92. The molecular formula is C9H17NO3. The number of carboxylic acids is 1. The van der Waals surface area contributed by atoms with E-state index in [1.165, 1.54) is 0 Å². The van der Waals surface area contributed by atoms with Crippen LogP contribution in [0.4, 0.5) is 0 Å². The number of rotatable bonds is 4. The molecule has 0 amide bonds. The monoisotopic (exact) mass is 187 g/mol. The van der Waals surface area contributed by atoms with E-state index >= 15 is 0 Å². The molecule has 1 fully saturated rings. The Morgan fingerprint density at radius 2 is 2.46 bits per heavy atom. The second kappa shape index (κ2) is 4.07. The molecule has 0 bridgehead atoms. The van der Waals surface area contributed by atoms with Crippen molar-refractivity contribution in [2.45, 2.75) is 38.3 Å². The smallest absolute Gasteiger partial charge is 0.326 e. The molecule has 1 aliphatic rings. The summed E-state index contributed by atoms with van der Waals surface area (Å²) < 4.78 is 5.28. The number of ether oxygens (including phenoxy) is 1. The number of hydrogen-bond acceptors (Lipinski definition) is 3. The second-order valence-electron chi connectivity index (χ2n) is 3.47. The molecular weight excluding hydrogens is 170 g/mol. The Kier molecular flexibility index (Phi) is 3.27. The Labute approximate surface area is 78.3 Å². The van der Waals surface area contributed by atoms with E-state index in [0.29, 0.717) is 13.0 Å². The van der Waals surface area contributed by atoms with Gasteiger partial charge in [-0.15, -0.1) is 0 Å². The van der Waals surface area contributed by atoms with E-state index in [1.54, 1.807) is 0 Å². The van der Waals surface area contributed by atoms with Crippen molar-refractivity contribution in [1.29, 1.82) is 0 Å². The van der Waals surface area contributed by atoms with Crippen LogP contribution in [0.5, 0.6) is 0 Å². The predicted octanol–water partition coefficient (Wildman–Crippen LogP) is 0.618. The van der Waals surface area contributed by atoms with Crippen LogP contribution < -0.4 is 5.32 Å². The minimum atomic E-state index is -0.851. The van der Waals surface area contributed by atoms with E-state index in [-0.39, 0.29) is 6.10 Å². The van der Waals surface area contributed by atoms with Crippen molar-refractivity contribution < 1.29 is 14.6 Å². The van der Waals surface area contributed by atoms with Crippen LogP contribution in [0.2, 0.25) is 0 Å². The van der Waals surface area contributed by atoms with E-state index in [4.69, 9.17) is 9.84 Å². The van der Waals surface area contributed by atoms with Crippen molar-refractivity contribution >= 4 is 5.97 Å². The molecule has 0 saturated carbocycles. The van der Waals surface area contributed by atoms with Gasteiger partial charge in [0.05, 0.1) is 6.10 Å². The number of hydrogen-bond donors (Lipinski definition) is 2. The first-order valence-electron chi connectivity index (χ1n) is 4.73. The molecule has 2 N–H and O–H groups in total. The van der Waals surface area contributed by atoms with Gasteiger partial charge in [0.1, 0.15) is 5.54 Å². The molecule has 13 heavy (non-hydrogen) atoms. The molecule has 76 valence electrons. The first kappa shape index (κ1) is 10.5. The Morgan fingerprint density at radius 1 is 1.77 bits per heavy atom. The molecule has 1 aliphatic heterocycles. The van der Waals surface area contributed by atoms with Gasteiger partial charge in [-0.3, -0.25) is 10.1 Å². The van der Waals surface area contributed by atoms with Crippen molar-refractivity contribution in [3.63, 3.8) is 0 Å². The molecule has 0 aromatic rings. The van der Waals surface area contributed by atoms with Gasteiger partial charge in [0.2, 0.25) is 0 Å². The van der Waals surface area contributed by atoms with Gasteiger partial charge >= 0.3 is 5.97 Å². The summed E-state index contributed by atoms with van der Waals surface area (Å²) in [6, 6.07) is 0. The van der Waals surface area contributed by atoms with Crippen LogP contribution >= 0.6 is 0 Å². The average molecular weight is 187 g/mol. The third kappa shape index (κ3) is 1.84. The first-order valence-corrected chi connectivity index (χ1v) is 4.73. The molecule has 2 atom stereocenters. The first-order chi connectivity index (χ1) is 6.13. The Hall–Kier alpha value is -0.610. The highest BCUT2D eigenvalue weighted by Crippen LogP contribution is 2.25. The highest BCUT2D eigenvalue weighted by Gasteiger charge is 2.47. The molecule has 1 saturated heterocycles. The normalized spacial score (nSPS) is 33.5. The van der Waals surface area contributed by atoms with Gasteiger partial charge in [-0.25, -0.2) is 0 Å². The summed E-state index contributed by atoms with van der Waals surface area (Å²) >= 11 is 0. The van der Waals surface area contributed by atoms with E-state index in [0.717, 1.165) is 13.0 Å². The van der Waals surface area contributed by atoms with Gasteiger partial charge in [0.15, 0.2) is 0 Å². The Bertz CT molecular complexity index is 195. The fourth-order valence-corrected chi connectivity index (χ4v) is 1.68. The van der Waals surface area contributed by atoms with Crippen molar-refractivity contribution in [3.8, 4) is 0 Å². The predicted molar refractivity (Wildman–Crippen MR) is 48.7 cm³/mol. The van der Waals surface area contributed by atoms with Crippen LogP contribution in [0.3, 0.4) is 0 Å². The molecule has 1 rings (SSSR count). The zero-order valence-electron chi connectivity index (χ0n) is 8.17. The molecule has 2 unspecified atom stereocenters. The summed E-state index contributed by atoms with van der Waals surface area (Å²) in [5.74, 6) is -0.800. The van der Waals surface area contributed by atoms with E-state index < -0.39 is 11.5 Å². The van der Waals surface area contributed by atoms with Crippen LogP contribution in [0.25, 0.3) is 0 Å². The van der Waals surface area contributed by atoms with Gasteiger partial charge in [-0.05, 0) is 19.9 Å². The lowest BCUT2D eigenvalue weighted by molar-refractivity contribution is -0.147. The van der Waals surface area contributed by atoms with E-state index in [2.05, 4.69) is 5.32 Å². The van der Waals surface area contributed by atoms with Crippen LogP contribution in [-0.2, 0) is 9.53 Å². The Morgan fingerprint density at radius 3 is 2.85 bits per heavy atom. The SMILES string of the molecule is CCCNC1(C(=O)O)CCOC1C. The molecule has 0 radical (unpaired) electrons. The second-order valence-corrected chi connectivity index (χ2v) is 3.47. The zero-order chi connectivity index (χ0) is 9.90. The van der Waals surface area contributed by atoms with Crippen LogP contribution in [0.15, 0.2) is 0 Å². The molecule has 0 aromatic heterocycles. The maximum absolute atomic E-state index is 11.1. The summed E-state index contributed by atoms with van der Waals surface area (Å²) in [5, 5.41) is 12.2. The summed E-state index contributed by atoms with van der Waals surface area (Å²) in [7, 11) is 0. The summed E-state index contributed by atoms with van der Waals surface area (Å²) in [6.45, 7) is 5.08. The highest BCUT2D eigenvalue weighted by molar-refractivity contribution is 5.80. The molecule has 0 spiro atoms. The fourth-order valence-electron chi connectivity index (χ4n) is 1.68. The average Bonchev–Trinajstić information content (AvgIpc) is 2.45. The van der Waals surface area contributed by atoms with Crippen LogP contribution in [0, 0.1) is 0 Å². The highest BCUT2D eigenvalue weighted by atomic mass is 16.5. The minimum absolute atomic E-state index is 0.239. The van der Waals surface area contributed by atoms with Crippen molar-refractivity contribution in [3.05, 3.63) is 0 Å². The van der Waals surface area contributed by atoms with E-state index in [1.807, 2.05) is 13.8 Å². The van der Waals surface area contributed by atoms with Gasteiger partial charge in [0, 0.05) is 13.0 Å². The van der Waals surface area contributed by atoms with E-state index in [9.17, 15) is 4.79 Å². The molecule has 4 heteroatoms. The maximum Gasteiger partial charge on any atom is 0.326 e. The lowest BCUT2D eigenvalue weighted by Crippen LogP contribution is -2.57. The van der Waals surface area contributed by atoms with Gasteiger partial charge in [-0.1, -0.05) is 6.92 Å². The number of aliphatic carboxylic acids is 1. The zero-order valence-corrected chi connectivity index (χ0v) is 8.17. The third-order valence-corrected chi connectivity index (χ3v) is 2.63. The molecule has 1 heterocycles. The summed E-state index contributed by atoms with van der Waals surface area (Å²) in [6.07, 6.45) is 1.25. The minimum Gasteiger partial charge on any atom is -0.480 e. The van der Waals surface area contributed by atoms with Gasteiger partial charge in [-0.2, -0.15) is 0 Å². The fraction of sp³-hybridized carbons (Fsp3) is 0.889. The van der Waals surface area contributed by atoms with Gasteiger partial charge in [0.25, 0.3) is 0 Å². The van der Waals surface area contributed by atoms with Crippen molar-refractivity contribution in [2.75, 3.05) is 13.2 Å². The number of carboxylic acid groups (broad SMARTS) is 1.